The molecule has 1 atom stereocenters. The maximum Gasteiger partial charge on any atom is 0.419 e. The lowest BCUT2D eigenvalue weighted by Gasteiger charge is -2.50. The highest BCUT2D eigenvalue weighted by Crippen LogP contribution is 2.43. The number of nitrogens with zero attached hydrogens (tertiary/aromatic N) is 2. The molecule has 2 aliphatic rings. The van der Waals surface area contributed by atoms with E-state index in [2.05, 4.69) is 0 Å². The van der Waals surface area contributed by atoms with Gasteiger partial charge in [0, 0.05) is 32.1 Å². The molecule has 9 heteroatoms. The lowest BCUT2D eigenvalue weighted by Crippen LogP contribution is -2.65. The Kier molecular flexibility index (Phi) is 7.20. The van der Waals surface area contributed by atoms with Crippen LogP contribution in [0.1, 0.15) is 35.1 Å². The Bertz CT molecular complexity index is 1300. The van der Waals surface area contributed by atoms with Gasteiger partial charge in [0.2, 0.25) is 11.8 Å². The van der Waals surface area contributed by atoms with Crippen molar-refractivity contribution in [2.45, 2.75) is 37.0 Å². The van der Waals surface area contributed by atoms with Crippen LogP contribution in [0, 0.1) is 11.7 Å². The number of carbonyl (C=O) groups excluding carboxylic acids is 2. The third-order valence-electron chi connectivity index (χ3n) is 7.91. The molecule has 2 amide bonds. The Balaban J connectivity index is 1.37. The van der Waals surface area contributed by atoms with Gasteiger partial charge in [-0.25, -0.2) is 4.39 Å². The molecule has 3 aromatic carbocycles. The number of nitrogens with two attached hydrogens (primary N) is 1. The molecule has 2 saturated heterocycles. The molecular formula is C30H29F4N3O2. The summed E-state index contributed by atoms with van der Waals surface area (Å²) in [6, 6.07) is 21.2. The summed E-state index contributed by atoms with van der Waals surface area (Å²) in [5.74, 6) is -2.37. The molecule has 0 aromatic heterocycles. The van der Waals surface area contributed by atoms with Crippen LogP contribution in [0.5, 0.6) is 0 Å². The minimum atomic E-state index is -4.78. The zero-order valence-corrected chi connectivity index (χ0v) is 21.2. The van der Waals surface area contributed by atoms with Crippen LogP contribution in [0.15, 0.2) is 78.9 Å². The molecule has 0 bridgehead atoms. The minimum Gasteiger partial charge on any atom is -0.368 e. The zero-order chi connectivity index (χ0) is 27.8. The molecule has 5 rings (SSSR count). The molecule has 5 nitrogen and oxygen atoms in total. The van der Waals surface area contributed by atoms with Crippen molar-refractivity contribution in [3.05, 3.63) is 107 Å². The highest BCUT2D eigenvalue weighted by Gasteiger charge is 2.51. The summed E-state index contributed by atoms with van der Waals surface area (Å²) < 4.78 is 53.1. The van der Waals surface area contributed by atoms with E-state index in [9.17, 15) is 27.2 Å². The number of piperidine rings is 1. The average molecular weight is 540 g/mol. The van der Waals surface area contributed by atoms with Crippen LogP contribution in [0.25, 0.3) is 0 Å². The van der Waals surface area contributed by atoms with Crippen molar-refractivity contribution in [2.24, 2.45) is 11.7 Å². The molecule has 1 unspecified atom stereocenters. The second-order valence-electron chi connectivity index (χ2n) is 10.4. The molecule has 0 spiro atoms. The molecule has 0 aliphatic carbocycles. The van der Waals surface area contributed by atoms with E-state index in [0.29, 0.717) is 38.0 Å². The first-order chi connectivity index (χ1) is 18.6. The van der Waals surface area contributed by atoms with Gasteiger partial charge in [-0.3, -0.25) is 14.5 Å². The number of hydrogen-bond donors (Lipinski definition) is 1. The van der Waals surface area contributed by atoms with E-state index < -0.39 is 34.9 Å². The largest absolute Gasteiger partial charge is 0.419 e. The number of likely N-dealkylation sites (tertiary alicyclic amines) is 2. The predicted molar refractivity (Wildman–Crippen MR) is 138 cm³/mol. The second-order valence-corrected chi connectivity index (χ2v) is 10.4. The fourth-order valence-corrected chi connectivity index (χ4v) is 6.11. The molecule has 39 heavy (non-hydrogen) atoms. The Hall–Kier alpha value is -3.72. The zero-order valence-electron chi connectivity index (χ0n) is 21.2. The van der Waals surface area contributed by atoms with E-state index in [4.69, 9.17) is 5.73 Å². The highest BCUT2D eigenvalue weighted by molar-refractivity contribution is 5.96. The third-order valence-corrected chi connectivity index (χ3v) is 7.91. The summed E-state index contributed by atoms with van der Waals surface area (Å²) >= 11 is 0. The normalized spacial score (nSPS) is 19.0. The van der Waals surface area contributed by atoms with Crippen LogP contribution in [-0.4, -0.2) is 47.3 Å². The molecule has 204 valence electrons. The first-order valence-corrected chi connectivity index (χ1v) is 12.9. The number of hydrogen-bond acceptors (Lipinski definition) is 3. The fourth-order valence-electron chi connectivity index (χ4n) is 6.11. The summed E-state index contributed by atoms with van der Waals surface area (Å²) in [4.78, 5) is 30.6. The number of primary amides is 1. The number of carbonyl (C=O) groups is 2. The third kappa shape index (κ3) is 5.03. The number of alkyl halides is 3. The smallest absolute Gasteiger partial charge is 0.368 e. The molecule has 3 aromatic rings. The Morgan fingerprint density at radius 3 is 2.10 bits per heavy atom. The van der Waals surface area contributed by atoms with Crippen molar-refractivity contribution in [1.29, 1.82) is 0 Å². The maximum atomic E-state index is 14.3. The Morgan fingerprint density at radius 2 is 1.56 bits per heavy atom. The van der Waals surface area contributed by atoms with E-state index >= 15 is 0 Å². The van der Waals surface area contributed by atoms with E-state index in [1.807, 2.05) is 65.6 Å². The van der Waals surface area contributed by atoms with Gasteiger partial charge < -0.3 is 10.6 Å². The summed E-state index contributed by atoms with van der Waals surface area (Å²) in [6.45, 7) is 1.30. The Morgan fingerprint density at radius 1 is 0.974 bits per heavy atom. The van der Waals surface area contributed by atoms with Crippen molar-refractivity contribution < 1.29 is 27.2 Å². The van der Waals surface area contributed by atoms with Crippen LogP contribution in [0.2, 0.25) is 0 Å². The van der Waals surface area contributed by atoms with Crippen LogP contribution in [0.3, 0.4) is 0 Å². The first-order valence-electron chi connectivity index (χ1n) is 12.9. The van der Waals surface area contributed by atoms with Gasteiger partial charge in [-0.1, -0.05) is 66.7 Å². The monoisotopic (exact) mass is 539 g/mol. The van der Waals surface area contributed by atoms with Crippen molar-refractivity contribution >= 4 is 11.8 Å². The highest BCUT2D eigenvalue weighted by atomic mass is 19.4. The van der Waals surface area contributed by atoms with Crippen LogP contribution in [-0.2, 0) is 27.7 Å². The second kappa shape index (κ2) is 10.4. The van der Waals surface area contributed by atoms with E-state index in [0.717, 1.165) is 23.3 Å². The number of benzene rings is 3. The summed E-state index contributed by atoms with van der Waals surface area (Å²) in [7, 11) is 0. The van der Waals surface area contributed by atoms with Gasteiger partial charge in [-0.05, 0) is 41.7 Å². The molecular weight excluding hydrogens is 510 g/mol. The van der Waals surface area contributed by atoms with Gasteiger partial charge in [0.15, 0.2) is 0 Å². The topological polar surface area (TPSA) is 66.6 Å². The van der Waals surface area contributed by atoms with Crippen LogP contribution >= 0.6 is 0 Å². The maximum absolute atomic E-state index is 14.3. The summed E-state index contributed by atoms with van der Waals surface area (Å²) in [6.07, 6.45) is -3.52. The molecule has 0 radical (unpaired) electrons. The lowest BCUT2D eigenvalue weighted by molar-refractivity contribution is -0.150. The molecule has 0 saturated carbocycles. The predicted octanol–water partition coefficient (Wildman–Crippen LogP) is 4.74. The molecule has 2 N–H and O–H groups in total. The number of halogens is 4. The minimum absolute atomic E-state index is 0.164. The number of amides is 2. The SMILES string of the molecule is NC(=O)C(C1CN(Cc2ccc(F)c(C(F)(F)F)c2)C1)N1CCCC(c2ccccc2)(c2ccccc2)C1=O. The van der Waals surface area contributed by atoms with Crippen molar-refractivity contribution in [3.8, 4) is 0 Å². The van der Waals surface area contributed by atoms with E-state index in [1.165, 1.54) is 6.07 Å². The number of rotatable bonds is 7. The first kappa shape index (κ1) is 26.9. The van der Waals surface area contributed by atoms with Crippen molar-refractivity contribution in [3.63, 3.8) is 0 Å². The van der Waals surface area contributed by atoms with E-state index in [-0.39, 0.29) is 18.4 Å². The van der Waals surface area contributed by atoms with Gasteiger partial charge in [0.1, 0.15) is 11.9 Å². The fraction of sp³-hybridized carbons (Fsp3) is 0.333. The molecule has 2 fully saturated rings. The van der Waals surface area contributed by atoms with Gasteiger partial charge >= 0.3 is 6.18 Å². The molecule has 2 heterocycles. The average Bonchev–Trinajstić information content (AvgIpc) is 2.89. The quantitative estimate of drug-likeness (QED) is 0.441. The standard InChI is InChI=1S/C30H29F4N3O2/c31-25-13-12-20(16-24(25)30(32,33)34)17-36-18-21(19-36)26(27(35)38)37-15-7-14-29(28(37)39,22-8-3-1-4-9-22)23-10-5-2-6-11-23/h1-6,8-13,16,21,26H,7,14-15,17-19H2,(H2,35,38). The lowest BCUT2D eigenvalue weighted by atomic mass is 9.68. The van der Waals surface area contributed by atoms with Gasteiger partial charge in [-0.15, -0.1) is 0 Å². The van der Waals surface area contributed by atoms with Crippen molar-refractivity contribution in [2.75, 3.05) is 19.6 Å². The van der Waals surface area contributed by atoms with E-state index in [1.54, 1.807) is 4.90 Å². The van der Waals surface area contributed by atoms with Crippen molar-refractivity contribution in [1.82, 2.24) is 9.80 Å². The van der Waals surface area contributed by atoms with Gasteiger partial charge in [0.05, 0.1) is 11.0 Å². The van der Waals surface area contributed by atoms with Crippen LogP contribution in [0.4, 0.5) is 17.6 Å². The van der Waals surface area contributed by atoms with Gasteiger partial charge in [0.25, 0.3) is 0 Å². The Labute approximate surface area is 224 Å². The summed E-state index contributed by atoms with van der Waals surface area (Å²) in [5, 5.41) is 0. The van der Waals surface area contributed by atoms with Crippen LogP contribution < -0.4 is 5.73 Å². The molecule has 2 aliphatic heterocycles. The summed E-state index contributed by atoms with van der Waals surface area (Å²) in [5.41, 5.74) is 5.63. The van der Waals surface area contributed by atoms with Gasteiger partial charge in [-0.2, -0.15) is 13.2 Å².